The summed E-state index contributed by atoms with van der Waals surface area (Å²) in [6, 6.07) is 2.14. The molecule has 28 heavy (non-hydrogen) atoms. The van der Waals surface area contributed by atoms with Gasteiger partial charge in [0.25, 0.3) is 11.8 Å². The number of hydrogen-bond donors (Lipinski definition) is 0. The lowest BCUT2D eigenvalue weighted by atomic mass is 9.72. The number of amides is 2. The van der Waals surface area contributed by atoms with Crippen LogP contribution in [0.3, 0.4) is 0 Å². The van der Waals surface area contributed by atoms with Gasteiger partial charge < -0.3 is 14.5 Å². The summed E-state index contributed by atoms with van der Waals surface area (Å²) in [4.78, 5) is 31.6. The van der Waals surface area contributed by atoms with Crippen molar-refractivity contribution in [3.8, 4) is 0 Å². The Morgan fingerprint density at radius 2 is 1.82 bits per heavy atom. The van der Waals surface area contributed by atoms with Crippen LogP contribution in [0.15, 0.2) is 6.07 Å². The van der Waals surface area contributed by atoms with Crippen molar-refractivity contribution in [2.24, 2.45) is 11.3 Å². The average molecular weight is 405 g/mol. The van der Waals surface area contributed by atoms with Crippen molar-refractivity contribution in [2.45, 2.75) is 59.0 Å². The summed E-state index contributed by atoms with van der Waals surface area (Å²) in [6.45, 7) is 10.1. The largest absolute Gasteiger partial charge is 0.368 e. The van der Waals surface area contributed by atoms with Crippen LogP contribution in [0.4, 0.5) is 0 Å². The minimum absolute atomic E-state index is 0.101. The molecule has 6 heteroatoms. The van der Waals surface area contributed by atoms with E-state index in [1.165, 1.54) is 16.9 Å². The Hall–Kier alpha value is -1.40. The van der Waals surface area contributed by atoms with Gasteiger partial charge in [-0.25, -0.2) is 0 Å². The van der Waals surface area contributed by atoms with Crippen molar-refractivity contribution in [3.63, 3.8) is 0 Å². The molecule has 0 N–H and O–H groups in total. The standard InChI is InChI=1S/C22H32N2O3S/c1-22(2,3)16-6-7-18-15(13-16)14-19(28-18)21(26)24-10-8-23(9-11-24)20(25)17-5-4-12-27-17/h14,16-17H,4-13H2,1-3H3. The minimum atomic E-state index is -0.262. The zero-order chi connectivity index (χ0) is 19.9. The maximum atomic E-state index is 13.0. The number of ether oxygens (including phenoxy) is 1. The van der Waals surface area contributed by atoms with E-state index < -0.39 is 0 Å². The summed E-state index contributed by atoms with van der Waals surface area (Å²) in [5.74, 6) is 0.922. The van der Waals surface area contributed by atoms with Crippen LogP contribution in [-0.4, -0.2) is 60.5 Å². The number of piperazine rings is 1. The maximum Gasteiger partial charge on any atom is 0.264 e. The first kappa shape index (κ1) is 19.9. The van der Waals surface area contributed by atoms with Gasteiger partial charge in [0.15, 0.2) is 0 Å². The lowest BCUT2D eigenvalue weighted by Gasteiger charge is -2.35. The van der Waals surface area contributed by atoms with Gasteiger partial charge in [-0.05, 0) is 55.1 Å². The molecule has 4 rings (SSSR count). The Kier molecular flexibility index (Phi) is 5.53. The summed E-state index contributed by atoms with van der Waals surface area (Å²) in [6.07, 6.45) is 4.93. The number of fused-ring (bicyclic) bond motifs is 1. The molecule has 0 saturated carbocycles. The van der Waals surface area contributed by atoms with Gasteiger partial charge >= 0.3 is 0 Å². The van der Waals surface area contributed by atoms with Crippen molar-refractivity contribution in [1.29, 1.82) is 0 Å². The fourth-order valence-electron chi connectivity index (χ4n) is 4.63. The van der Waals surface area contributed by atoms with E-state index in [2.05, 4.69) is 26.8 Å². The molecule has 3 aliphatic rings. The van der Waals surface area contributed by atoms with Gasteiger partial charge in [-0.2, -0.15) is 0 Å². The molecule has 2 amide bonds. The summed E-state index contributed by atoms with van der Waals surface area (Å²) in [5.41, 5.74) is 1.70. The van der Waals surface area contributed by atoms with Gasteiger partial charge in [-0.3, -0.25) is 9.59 Å². The summed E-state index contributed by atoms with van der Waals surface area (Å²) in [7, 11) is 0. The van der Waals surface area contributed by atoms with Crippen LogP contribution in [0, 0.1) is 11.3 Å². The van der Waals surface area contributed by atoms with E-state index >= 15 is 0 Å². The molecular weight excluding hydrogens is 372 g/mol. The Morgan fingerprint density at radius 1 is 1.11 bits per heavy atom. The highest BCUT2D eigenvalue weighted by Crippen LogP contribution is 2.40. The fraction of sp³-hybridized carbons (Fsp3) is 0.727. The van der Waals surface area contributed by atoms with Gasteiger partial charge in [0.1, 0.15) is 6.10 Å². The number of nitrogens with zero attached hydrogens (tertiary/aromatic N) is 2. The second kappa shape index (κ2) is 7.79. The molecule has 0 radical (unpaired) electrons. The molecule has 5 nitrogen and oxygen atoms in total. The van der Waals surface area contributed by atoms with Crippen LogP contribution in [0.5, 0.6) is 0 Å². The fourth-order valence-corrected chi connectivity index (χ4v) is 5.81. The van der Waals surface area contributed by atoms with Gasteiger partial charge in [0, 0.05) is 37.7 Å². The van der Waals surface area contributed by atoms with E-state index in [1.54, 1.807) is 11.3 Å². The molecule has 0 aromatic carbocycles. The molecule has 1 aromatic heterocycles. The summed E-state index contributed by atoms with van der Waals surface area (Å²) in [5, 5.41) is 0. The topological polar surface area (TPSA) is 49.9 Å². The van der Waals surface area contributed by atoms with E-state index in [1.807, 2.05) is 9.80 Å². The highest BCUT2D eigenvalue weighted by Gasteiger charge is 2.33. The number of thiophene rings is 1. The third-order valence-corrected chi connectivity index (χ3v) is 7.83. The molecule has 2 saturated heterocycles. The van der Waals surface area contributed by atoms with E-state index in [0.29, 0.717) is 44.1 Å². The third-order valence-electron chi connectivity index (χ3n) is 6.60. The predicted octanol–water partition coefficient (Wildman–Crippen LogP) is 3.36. The van der Waals surface area contributed by atoms with Gasteiger partial charge in [0.05, 0.1) is 4.88 Å². The first-order chi connectivity index (χ1) is 13.3. The summed E-state index contributed by atoms with van der Waals surface area (Å²) < 4.78 is 5.52. The second-order valence-corrected chi connectivity index (χ2v) is 10.6. The second-order valence-electron chi connectivity index (χ2n) is 9.48. The minimum Gasteiger partial charge on any atom is -0.368 e. The monoisotopic (exact) mass is 404 g/mol. The normalized spacial score (nSPS) is 25.7. The summed E-state index contributed by atoms with van der Waals surface area (Å²) >= 11 is 1.69. The van der Waals surface area contributed by atoms with Gasteiger partial charge in [-0.1, -0.05) is 20.8 Å². The molecule has 0 spiro atoms. The van der Waals surface area contributed by atoms with Crippen molar-refractivity contribution in [2.75, 3.05) is 32.8 Å². The quantitative estimate of drug-likeness (QED) is 0.759. The van der Waals surface area contributed by atoms with E-state index in [9.17, 15) is 9.59 Å². The van der Waals surface area contributed by atoms with Crippen LogP contribution in [0.2, 0.25) is 0 Å². The predicted molar refractivity (Wildman–Crippen MR) is 111 cm³/mol. The lowest BCUT2D eigenvalue weighted by molar-refractivity contribution is -0.142. The SMILES string of the molecule is CC(C)(C)C1CCc2sc(C(=O)N3CCN(C(=O)C4CCCO4)CC3)cc2C1. The van der Waals surface area contributed by atoms with Crippen LogP contribution >= 0.6 is 11.3 Å². The molecule has 2 aliphatic heterocycles. The maximum absolute atomic E-state index is 13.0. The number of carbonyl (C=O) groups excluding carboxylic acids is 2. The molecular formula is C22H32N2O3S. The number of hydrogen-bond acceptors (Lipinski definition) is 4. The van der Waals surface area contributed by atoms with Crippen LogP contribution in [0.25, 0.3) is 0 Å². The van der Waals surface area contributed by atoms with Gasteiger partial charge in [0.2, 0.25) is 0 Å². The third kappa shape index (κ3) is 3.99. The highest BCUT2D eigenvalue weighted by molar-refractivity contribution is 7.14. The molecule has 1 aliphatic carbocycles. The molecule has 0 bridgehead atoms. The Labute approximate surface area is 172 Å². The first-order valence-electron chi connectivity index (χ1n) is 10.6. The molecule has 2 atom stereocenters. The Morgan fingerprint density at radius 3 is 2.46 bits per heavy atom. The number of aryl methyl sites for hydroxylation is 1. The van der Waals surface area contributed by atoms with Crippen molar-refractivity contribution in [3.05, 3.63) is 21.4 Å². The first-order valence-corrected chi connectivity index (χ1v) is 11.5. The van der Waals surface area contributed by atoms with E-state index in [4.69, 9.17) is 4.74 Å². The van der Waals surface area contributed by atoms with Gasteiger partial charge in [-0.15, -0.1) is 11.3 Å². The molecule has 3 heterocycles. The lowest BCUT2D eigenvalue weighted by Crippen LogP contribution is -2.52. The van der Waals surface area contributed by atoms with Crippen molar-refractivity contribution >= 4 is 23.2 Å². The zero-order valence-electron chi connectivity index (χ0n) is 17.3. The Bertz CT molecular complexity index is 737. The number of rotatable bonds is 2. The van der Waals surface area contributed by atoms with Crippen molar-refractivity contribution in [1.82, 2.24) is 9.80 Å². The van der Waals surface area contributed by atoms with E-state index in [-0.39, 0.29) is 17.9 Å². The molecule has 2 fully saturated rings. The van der Waals surface area contributed by atoms with E-state index in [0.717, 1.165) is 30.6 Å². The average Bonchev–Trinajstić information content (AvgIpc) is 3.35. The molecule has 2 unspecified atom stereocenters. The zero-order valence-corrected chi connectivity index (χ0v) is 18.1. The Balaban J connectivity index is 1.36. The van der Waals surface area contributed by atoms with Crippen molar-refractivity contribution < 1.29 is 14.3 Å². The number of carbonyl (C=O) groups is 2. The smallest absolute Gasteiger partial charge is 0.264 e. The molecule has 154 valence electrons. The highest BCUT2D eigenvalue weighted by atomic mass is 32.1. The van der Waals surface area contributed by atoms with Crippen LogP contribution in [0.1, 0.15) is 60.1 Å². The molecule has 1 aromatic rings. The van der Waals surface area contributed by atoms with Crippen LogP contribution < -0.4 is 0 Å². The van der Waals surface area contributed by atoms with Crippen LogP contribution in [-0.2, 0) is 22.4 Å².